The molecule has 3 amide bonds. The Labute approximate surface area is 183 Å². The summed E-state index contributed by atoms with van der Waals surface area (Å²) in [6, 6.07) is 5.54. The van der Waals surface area contributed by atoms with E-state index in [9.17, 15) is 14.4 Å². The Morgan fingerprint density at radius 3 is 2.71 bits per heavy atom. The van der Waals surface area contributed by atoms with E-state index < -0.39 is 6.04 Å². The molecular weight excluding hydrogens is 392 g/mol. The van der Waals surface area contributed by atoms with Gasteiger partial charge in [-0.2, -0.15) is 0 Å². The maximum absolute atomic E-state index is 13.3. The van der Waals surface area contributed by atoms with Crippen molar-refractivity contribution in [3.63, 3.8) is 0 Å². The predicted octanol–water partition coefficient (Wildman–Crippen LogP) is 1.66. The fraction of sp³-hybridized carbons (Fsp3) is 0.625. The van der Waals surface area contributed by atoms with Gasteiger partial charge in [-0.25, -0.2) is 0 Å². The van der Waals surface area contributed by atoms with Crippen LogP contribution in [0.25, 0.3) is 0 Å². The molecule has 0 aliphatic carbocycles. The third kappa shape index (κ3) is 4.13. The molecular formula is C24H32N4O3. The van der Waals surface area contributed by atoms with Crippen molar-refractivity contribution in [2.45, 2.75) is 57.7 Å². The molecule has 0 spiro atoms. The average Bonchev–Trinajstić information content (AvgIpc) is 3.12. The molecule has 5 rings (SSSR count). The summed E-state index contributed by atoms with van der Waals surface area (Å²) in [7, 11) is 0. The molecule has 166 valence electrons. The monoisotopic (exact) mass is 424 g/mol. The number of imide groups is 1. The molecule has 0 radical (unpaired) electrons. The normalized spacial score (nSPS) is 29.7. The first-order valence-electron chi connectivity index (χ1n) is 11.8. The van der Waals surface area contributed by atoms with Crippen molar-refractivity contribution >= 4 is 17.7 Å². The topological polar surface area (TPSA) is 81.8 Å². The molecule has 1 aromatic rings. The van der Waals surface area contributed by atoms with Gasteiger partial charge in [-0.3, -0.25) is 24.6 Å². The van der Waals surface area contributed by atoms with Gasteiger partial charge in [-0.15, -0.1) is 0 Å². The van der Waals surface area contributed by atoms with E-state index in [0.29, 0.717) is 13.0 Å². The number of amides is 3. The summed E-state index contributed by atoms with van der Waals surface area (Å²) in [6.45, 7) is 5.69. The Kier molecular flexibility index (Phi) is 5.80. The zero-order valence-corrected chi connectivity index (χ0v) is 18.1. The first kappa shape index (κ1) is 20.6. The number of fused-ring (bicyclic) bond motifs is 1. The van der Waals surface area contributed by atoms with Gasteiger partial charge in [0.25, 0.3) is 5.91 Å². The number of hydrogen-bond donors (Lipinski definition) is 2. The van der Waals surface area contributed by atoms with E-state index in [1.165, 1.54) is 25.7 Å². The fourth-order valence-corrected chi connectivity index (χ4v) is 5.96. The van der Waals surface area contributed by atoms with Gasteiger partial charge in [-0.05, 0) is 74.7 Å². The van der Waals surface area contributed by atoms with Gasteiger partial charge in [0.2, 0.25) is 11.8 Å². The zero-order chi connectivity index (χ0) is 21.4. The van der Waals surface area contributed by atoms with Crippen LogP contribution in [0.15, 0.2) is 18.2 Å². The molecule has 4 aliphatic heterocycles. The Morgan fingerprint density at radius 1 is 1.03 bits per heavy atom. The summed E-state index contributed by atoms with van der Waals surface area (Å²) in [5.41, 5.74) is 2.84. The van der Waals surface area contributed by atoms with Crippen LogP contribution in [0.3, 0.4) is 0 Å². The van der Waals surface area contributed by atoms with Gasteiger partial charge in [0.15, 0.2) is 0 Å². The van der Waals surface area contributed by atoms with Crippen LogP contribution >= 0.6 is 0 Å². The van der Waals surface area contributed by atoms with Crippen LogP contribution in [0.4, 0.5) is 0 Å². The first-order chi connectivity index (χ1) is 15.1. The lowest BCUT2D eigenvalue weighted by atomic mass is 9.81. The van der Waals surface area contributed by atoms with Crippen LogP contribution in [-0.2, 0) is 22.7 Å². The number of rotatable bonds is 4. The van der Waals surface area contributed by atoms with Crippen molar-refractivity contribution in [1.82, 2.24) is 20.4 Å². The van der Waals surface area contributed by atoms with Gasteiger partial charge in [-0.1, -0.05) is 18.2 Å². The Balaban J connectivity index is 1.29. The molecule has 1 aromatic carbocycles. The van der Waals surface area contributed by atoms with Crippen LogP contribution in [0.5, 0.6) is 0 Å². The quantitative estimate of drug-likeness (QED) is 0.719. The van der Waals surface area contributed by atoms with Gasteiger partial charge in [0, 0.05) is 31.6 Å². The van der Waals surface area contributed by atoms with Crippen LogP contribution in [0.1, 0.15) is 60.0 Å². The number of hydrogen-bond acceptors (Lipinski definition) is 5. The Morgan fingerprint density at radius 2 is 1.90 bits per heavy atom. The smallest absolute Gasteiger partial charge is 0.255 e. The standard InChI is InChI=1S/C24H32N4O3/c29-21-9-8-20(23(30)26-21)28-15-19-5-1-4-18(22(19)24(28)31)14-27-11-3-7-17(13-27)16-6-2-10-25-12-16/h1,4-5,16-17,20,25H,2-3,6-15H2,(H,26,29,30). The Bertz CT molecular complexity index is 880. The summed E-state index contributed by atoms with van der Waals surface area (Å²) in [6.07, 6.45) is 5.81. The lowest BCUT2D eigenvalue weighted by Crippen LogP contribution is -2.52. The second-order valence-corrected chi connectivity index (χ2v) is 9.60. The van der Waals surface area contributed by atoms with Crippen molar-refractivity contribution in [3.8, 4) is 0 Å². The lowest BCUT2D eigenvalue weighted by Gasteiger charge is -2.39. The average molecular weight is 425 g/mol. The number of nitrogens with one attached hydrogen (secondary N) is 2. The van der Waals surface area contributed by atoms with Crippen LogP contribution in [0, 0.1) is 11.8 Å². The molecule has 4 heterocycles. The van der Waals surface area contributed by atoms with E-state index in [-0.39, 0.29) is 24.1 Å². The number of likely N-dealkylation sites (tertiary alicyclic amines) is 1. The molecule has 0 aromatic heterocycles. The lowest BCUT2D eigenvalue weighted by molar-refractivity contribution is -0.136. The predicted molar refractivity (Wildman–Crippen MR) is 116 cm³/mol. The van der Waals surface area contributed by atoms with Crippen molar-refractivity contribution in [2.24, 2.45) is 11.8 Å². The second-order valence-electron chi connectivity index (χ2n) is 9.60. The molecule has 0 bridgehead atoms. The van der Waals surface area contributed by atoms with E-state index in [1.54, 1.807) is 4.90 Å². The van der Waals surface area contributed by atoms with E-state index in [4.69, 9.17) is 0 Å². The van der Waals surface area contributed by atoms with E-state index in [1.807, 2.05) is 12.1 Å². The van der Waals surface area contributed by atoms with Crippen LogP contribution < -0.4 is 10.6 Å². The number of nitrogens with zero attached hydrogens (tertiary/aromatic N) is 2. The van der Waals surface area contributed by atoms with Gasteiger partial charge < -0.3 is 10.2 Å². The highest BCUT2D eigenvalue weighted by atomic mass is 16.2. The van der Waals surface area contributed by atoms with Crippen LogP contribution in [-0.4, -0.2) is 59.7 Å². The molecule has 31 heavy (non-hydrogen) atoms. The van der Waals surface area contributed by atoms with Crippen LogP contribution in [0.2, 0.25) is 0 Å². The minimum absolute atomic E-state index is 0.0647. The molecule has 3 fully saturated rings. The first-order valence-corrected chi connectivity index (χ1v) is 11.8. The minimum Gasteiger partial charge on any atom is -0.322 e. The minimum atomic E-state index is -0.552. The highest BCUT2D eigenvalue weighted by molar-refractivity contribution is 6.05. The highest BCUT2D eigenvalue weighted by Crippen LogP contribution is 2.33. The number of piperidine rings is 3. The van der Waals surface area contributed by atoms with E-state index in [2.05, 4.69) is 21.6 Å². The van der Waals surface area contributed by atoms with Gasteiger partial charge in [0.05, 0.1) is 0 Å². The Hall–Kier alpha value is -2.25. The second kappa shape index (κ2) is 8.71. The van der Waals surface area contributed by atoms with E-state index in [0.717, 1.165) is 61.2 Å². The molecule has 2 N–H and O–H groups in total. The summed E-state index contributed by atoms with van der Waals surface area (Å²) >= 11 is 0. The third-order valence-electron chi connectivity index (χ3n) is 7.58. The molecule has 0 saturated carbocycles. The summed E-state index contributed by atoms with van der Waals surface area (Å²) in [4.78, 5) is 41.3. The maximum Gasteiger partial charge on any atom is 0.255 e. The van der Waals surface area contributed by atoms with Gasteiger partial charge in [0.1, 0.15) is 6.04 Å². The van der Waals surface area contributed by atoms with Crippen molar-refractivity contribution in [3.05, 3.63) is 34.9 Å². The van der Waals surface area contributed by atoms with Crippen molar-refractivity contribution in [1.29, 1.82) is 0 Å². The zero-order valence-electron chi connectivity index (χ0n) is 18.1. The molecule has 3 atom stereocenters. The summed E-state index contributed by atoms with van der Waals surface area (Å²) in [5, 5.41) is 5.94. The molecule has 3 saturated heterocycles. The molecule has 3 unspecified atom stereocenters. The number of benzene rings is 1. The summed E-state index contributed by atoms with van der Waals surface area (Å²) < 4.78 is 0. The van der Waals surface area contributed by atoms with Crippen molar-refractivity contribution in [2.75, 3.05) is 26.2 Å². The fourth-order valence-electron chi connectivity index (χ4n) is 5.96. The third-order valence-corrected chi connectivity index (χ3v) is 7.58. The number of carbonyl (C=O) groups excluding carboxylic acids is 3. The van der Waals surface area contributed by atoms with Gasteiger partial charge >= 0.3 is 0 Å². The SMILES string of the molecule is O=C1CCC(N2Cc3cccc(CN4CCCC(C5CCCNC5)C4)c3C2=O)C(=O)N1. The number of carbonyl (C=O) groups is 3. The molecule has 7 heteroatoms. The molecule has 7 nitrogen and oxygen atoms in total. The van der Waals surface area contributed by atoms with E-state index >= 15 is 0 Å². The van der Waals surface area contributed by atoms with Crippen molar-refractivity contribution < 1.29 is 14.4 Å². The molecule has 4 aliphatic rings. The largest absolute Gasteiger partial charge is 0.322 e. The highest BCUT2D eigenvalue weighted by Gasteiger charge is 2.40. The summed E-state index contributed by atoms with van der Waals surface area (Å²) in [5.74, 6) is 0.833. The maximum atomic E-state index is 13.3.